The maximum Gasteiger partial charge on any atom is 0.321 e. The van der Waals surface area contributed by atoms with Crippen LogP contribution < -0.4 is 5.32 Å². The van der Waals surface area contributed by atoms with E-state index in [2.05, 4.69) is 12.2 Å². The Morgan fingerprint density at radius 1 is 1.36 bits per heavy atom. The molecule has 6 heteroatoms. The zero-order valence-corrected chi connectivity index (χ0v) is 14.0. The molecule has 0 spiro atoms. The van der Waals surface area contributed by atoms with Crippen molar-refractivity contribution in [3.05, 3.63) is 28.8 Å². The SMILES string of the molecule is CC1CCCN(C(=O)Nc2cc(Cl)ccc2C(=O)N(C)C)C1. The number of hydrogen-bond donors (Lipinski definition) is 1. The number of anilines is 1. The minimum Gasteiger partial charge on any atom is -0.345 e. The first-order valence-electron chi connectivity index (χ1n) is 7.45. The molecule has 1 N–H and O–H groups in total. The third-order valence-electron chi connectivity index (χ3n) is 3.80. The van der Waals surface area contributed by atoms with Crippen LogP contribution in [0, 0.1) is 5.92 Å². The number of urea groups is 1. The van der Waals surface area contributed by atoms with Crippen LogP contribution in [-0.4, -0.2) is 48.9 Å². The molecule has 3 amide bonds. The predicted octanol–water partition coefficient (Wildman–Crippen LogP) is 3.31. The van der Waals surface area contributed by atoms with Gasteiger partial charge in [-0.1, -0.05) is 18.5 Å². The minimum atomic E-state index is -0.179. The number of nitrogens with one attached hydrogen (secondary N) is 1. The average molecular weight is 324 g/mol. The van der Waals surface area contributed by atoms with Gasteiger partial charge >= 0.3 is 6.03 Å². The van der Waals surface area contributed by atoms with Gasteiger partial charge in [-0.3, -0.25) is 4.79 Å². The lowest BCUT2D eigenvalue weighted by Crippen LogP contribution is -2.42. The highest BCUT2D eigenvalue weighted by atomic mass is 35.5. The van der Waals surface area contributed by atoms with Crippen LogP contribution in [-0.2, 0) is 0 Å². The lowest BCUT2D eigenvalue weighted by Gasteiger charge is -2.31. The van der Waals surface area contributed by atoms with Gasteiger partial charge in [-0.15, -0.1) is 0 Å². The number of amides is 3. The zero-order chi connectivity index (χ0) is 16.3. The van der Waals surface area contributed by atoms with Gasteiger partial charge in [-0.05, 0) is 37.0 Å². The number of hydrogen-bond acceptors (Lipinski definition) is 2. The maximum atomic E-state index is 12.4. The van der Waals surface area contributed by atoms with E-state index < -0.39 is 0 Å². The highest BCUT2D eigenvalue weighted by Gasteiger charge is 2.22. The molecule has 0 saturated carbocycles. The number of halogens is 1. The normalized spacial score (nSPS) is 18.0. The monoisotopic (exact) mass is 323 g/mol. The van der Waals surface area contributed by atoms with E-state index in [9.17, 15) is 9.59 Å². The lowest BCUT2D eigenvalue weighted by atomic mass is 10.0. The van der Waals surface area contributed by atoms with Gasteiger partial charge in [0.05, 0.1) is 11.3 Å². The summed E-state index contributed by atoms with van der Waals surface area (Å²) in [5, 5.41) is 3.32. The van der Waals surface area contributed by atoms with E-state index in [-0.39, 0.29) is 11.9 Å². The number of likely N-dealkylation sites (tertiary alicyclic amines) is 1. The Morgan fingerprint density at radius 3 is 2.73 bits per heavy atom. The van der Waals surface area contributed by atoms with Gasteiger partial charge in [-0.2, -0.15) is 0 Å². The van der Waals surface area contributed by atoms with Crippen LogP contribution in [0.3, 0.4) is 0 Å². The van der Waals surface area contributed by atoms with Gasteiger partial charge in [0.2, 0.25) is 0 Å². The van der Waals surface area contributed by atoms with Crippen molar-refractivity contribution < 1.29 is 9.59 Å². The molecule has 120 valence electrons. The Labute approximate surface area is 136 Å². The molecule has 1 atom stereocenters. The van der Waals surface area contributed by atoms with Crippen LogP contribution >= 0.6 is 11.6 Å². The summed E-state index contributed by atoms with van der Waals surface area (Å²) >= 11 is 6.00. The zero-order valence-electron chi connectivity index (χ0n) is 13.2. The fraction of sp³-hybridized carbons (Fsp3) is 0.500. The Balaban J connectivity index is 2.19. The van der Waals surface area contributed by atoms with E-state index >= 15 is 0 Å². The number of carbonyl (C=O) groups excluding carboxylic acids is 2. The van der Waals surface area contributed by atoms with Crippen molar-refractivity contribution in [2.24, 2.45) is 5.92 Å². The van der Waals surface area contributed by atoms with Crippen molar-refractivity contribution in [2.45, 2.75) is 19.8 Å². The van der Waals surface area contributed by atoms with Gasteiger partial charge in [0.15, 0.2) is 0 Å². The Morgan fingerprint density at radius 2 is 2.09 bits per heavy atom. The van der Waals surface area contributed by atoms with Gasteiger partial charge in [0.25, 0.3) is 5.91 Å². The van der Waals surface area contributed by atoms with Crippen molar-refractivity contribution in [2.75, 3.05) is 32.5 Å². The molecule has 1 heterocycles. The van der Waals surface area contributed by atoms with Crippen LogP contribution in [0.5, 0.6) is 0 Å². The summed E-state index contributed by atoms with van der Waals surface area (Å²) < 4.78 is 0. The van der Waals surface area contributed by atoms with Crippen LogP contribution in [0.4, 0.5) is 10.5 Å². The highest BCUT2D eigenvalue weighted by molar-refractivity contribution is 6.31. The first-order valence-corrected chi connectivity index (χ1v) is 7.83. The summed E-state index contributed by atoms with van der Waals surface area (Å²) in [5.74, 6) is 0.334. The molecule has 1 aliphatic heterocycles. The van der Waals surface area contributed by atoms with Gasteiger partial charge < -0.3 is 15.1 Å². The molecule has 1 unspecified atom stereocenters. The first kappa shape index (κ1) is 16.6. The standard InChI is InChI=1S/C16H22ClN3O2/c1-11-5-4-8-20(10-11)16(22)18-14-9-12(17)6-7-13(14)15(21)19(2)3/h6-7,9,11H,4-5,8,10H2,1-3H3,(H,18,22). The molecule has 1 aliphatic rings. The molecule has 0 radical (unpaired) electrons. The summed E-state index contributed by atoms with van der Waals surface area (Å²) in [7, 11) is 3.35. The second-order valence-electron chi connectivity index (χ2n) is 6.01. The first-order chi connectivity index (χ1) is 10.4. The summed E-state index contributed by atoms with van der Waals surface area (Å²) in [4.78, 5) is 27.9. The summed E-state index contributed by atoms with van der Waals surface area (Å²) in [6.45, 7) is 3.62. The van der Waals surface area contributed by atoms with Crippen molar-refractivity contribution >= 4 is 29.2 Å². The van der Waals surface area contributed by atoms with Crippen molar-refractivity contribution in [3.8, 4) is 0 Å². The second-order valence-corrected chi connectivity index (χ2v) is 6.45. The fourth-order valence-corrected chi connectivity index (χ4v) is 2.79. The van der Waals surface area contributed by atoms with Crippen molar-refractivity contribution in [1.82, 2.24) is 9.80 Å². The molecule has 1 aromatic rings. The molecule has 0 bridgehead atoms. The van der Waals surface area contributed by atoms with Crippen molar-refractivity contribution in [3.63, 3.8) is 0 Å². The Bertz CT molecular complexity index is 575. The van der Waals surface area contributed by atoms with E-state index in [1.807, 2.05) is 0 Å². The van der Waals surface area contributed by atoms with E-state index in [4.69, 9.17) is 11.6 Å². The summed E-state index contributed by atoms with van der Waals surface area (Å²) in [6.07, 6.45) is 2.15. The van der Waals surface area contributed by atoms with Gasteiger partial charge in [-0.25, -0.2) is 4.79 Å². The molecule has 0 aliphatic carbocycles. The molecule has 2 rings (SSSR count). The number of carbonyl (C=O) groups is 2. The van der Waals surface area contributed by atoms with E-state index in [1.54, 1.807) is 37.2 Å². The largest absolute Gasteiger partial charge is 0.345 e. The predicted molar refractivity (Wildman–Crippen MR) is 88.5 cm³/mol. The fourth-order valence-electron chi connectivity index (χ4n) is 2.62. The molecular weight excluding hydrogens is 302 g/mol. The summed E-state index contributed by atoms with van der Waals surface area (Å²) in [5.41, 5.74) is 0.891. The lowest BCUT2D eigenvalue weighted by molar-refractivity contribution is 0.0828. The van der Waals surface area contributed by atoms with Crippen molar-refractivity contribution in [1.29, 1.82) is 0 Å². The smallest absolute Gasteiger partial charge is 0.321 e. The van der Waals surface area contributed by atoms with Crippen LogP contribution in [0.15, 0.2) is 18.2 Å². The topological polar surface area (TPSA) is 52.7 Å². The molecule has 1 saturated heterocycles. The molecule has 1 aromatic carbocycles. The molecule has 22 heavy (non-hydrogen) atoms. The van der Waals surface area contributed by atoms with Crippen LogP contribution in [0.2, 0.25) is 5.02 Å². The third-order valence-corrected chi connectivity index (χ3v) is 4.04. The molecule has 0 aromatic heterocycles. The molecular formula is C16H22ClN3O2. The molecule has 1 fully saturated rings. The van der Waals surface area contributed by atoms with E-state index in [0.29, 0.717) is 22.2 Å². The summed E-state index contributed by atoms with van der Waals surface area (Å²) in [6, 6.07) is 4.72. The van der Waals surface area contributed by atoms with Gasteiger partial charge in [0, 0.05) is 32.2 Å². The maximum absolute atomic E-state index is 12.4. The average Bonchev–Trinajstić information content (AvgIpc) is 2.46. The number of benzene rings is 1. The highest BCUT2D eigenvalue weighted by Crippen LogP contribution is 2.23. The third kappa shape index (κ3) is 3.91. The number of nitrogens with zero attached hydrogens (tertiary/aromatic N) is 2. The second kappa shape index (κ2) is 7.01. The van der Waals surface area contributed by atoms with Crippen LogP contribution in [0.25, 0.3) is 0 Å². The van der Waals surface area contributed by atoms with E-state index in [1.165, 1.54) is 4.90 Å². The Hall–Kier alpha value is -1.75. The quantitative estimate of drug-likeness (QED) is 0.907. The van der Waals surface area contributed by atoms with Gasteiger partial charge in [0.1, 0.15) is 0 Å². The Kier molecular flexibility index (Phi) is 5.29. The number of rotatable bonds is 2. The van der Waals surface area contributed by atoms with E-state index in [0.717, 1.165) is 25.9 Å². The number of piperidine rings is 1. The minimum absolute atomic E-state index is 0.168. The van der Waals surface area contributed by atoms with Crippen LogP contribution in [0.1, 0.15) is 30.1 Å². The molecule has 5 nitrogen and oxygen atoms in total.